The van der Waals surface area contributed by atoms with Crippen molar-refractivity contribution in [2.24, 2.45) is 0 Å². The van der Waals surface area contributed by atoms with Gasteiger partial charge in [-0.25, -0.2) is 9.48 Å². The van der Waals surface area contributed by atoms with Crippen molar-refractivity contribution in [3.8, 4) is 0 Å². The highest BCUT2D eigenvalue weighted by Crippen LogP contribution is 2.24. The second-order valence-electron chi connectivity index (χ2n) is 4.55. The lowest BCUT2D eigenvalue weighted by atomic mass is 10.1. The van der Waals surface area contributed by atoms with Gasteiger partial charge >= 0.3 is 5.97 Å². The van der Waals surface area contributed by atoms with E-state index in [1.165, 1.54) is 11.0 Å². The molecule has 3 rings (SSSR count). The van der Waals surface area contributed by atoms with Gasteiger partial charge < -0.3 is 10.0 Å². The highest BCUT2D eigenvalue weighted by molar-refractivity contribution is 5.88. The molecule has 0 atom stereocenters. The molecule has 0 spiro atoms. The third kappa shape index (κ3) is 2.22. The van der Waals surface area contributed by atoms with Gasteiger partial charge in [-0.1, -0.05) is 6.07 Å². The molecular weight excluding hydrogens is 262 g/mol. The topological polar surface area (TPSA) is 101 Å². The van der Waals surface area contributed by atoms with Crippen molar-refractivity contribution in [2.45, 2.75) is 19.6 Å². The summed E-state index contributed by atoms with van der Waals surface area (Å²) in [6.07, 6.45) is 1.38. The Kier molecular flexibility index (Phi) is 2.90. The van der Waals surface area contributed by atoms with Crippen LogP contribution < -0.4 is 0 Å². The first-order valence-corrected chi connectivity index (χ1v) is 5.97. The summed E-state index contributed by atoms with van der Waals surface area (Å²) in [6.45, 7) is 0.973. The molecule has 1 aliphatic rings. The lowest BCUT2D eigenvalue weighted by Gasteiger charge is -2.14. The van der Waals surface area contributed by atoms with Crippen LogP contribution in [0, 0.1) is 0 Å². The number of amides is 1. The maximum Gasteiger partial charge on any atom is 0.335 e. The van der Waals surface area contributed by atoms with E-state index in [-0.39, 0.29) is 18.0 Å². The van der Waals surface area contributed by atoms with Gasteiger partial charge in [0, 0.05) is 13.1 Å². The summed E-state index contributed by atoms with van der Waals surface area (Å²) in [5.74, 6) is -1.07. The zero-order valence-corrected chi connectivity index (χ0v) is 10.4. The van der Waals surface area contributed by atoms with Gasteiger partial charge in [-0.05, 0) is 33.7 Å². The Hall–Kier alpha value is -2.77. The Labute approximate surface area is 113 Å². The molecule has 2 aromatic rings. The summed E-state index contributed by atoms with van der Waals surface area (Å²) in [5, 5.41) is 19.5. The first-order valence-electron chi connectivity index (χ1n) is 5.97. The normalized spacial score (nSPS) is 13.3. The van der Waals surface area contributed by atoms with Gasteiger partial charge in [0.1, 0.15) is 12.9 Å². The molecular formula is C12H11N5O3. The predicted molar refractivity (Wildman–Crippen MR) is 65.5 cm³/mol. The van der Waals surface area contributed by atoms with Gasteiger partial charge in [-0.2, -0.15) is 0 Å². The number of hydrogen-bond acceptors (Lipinski definition) is 5. The Morgan fingerprint density at radius 2 is 2.05 bits per heavy atom. The number of tetrazole rings is 1. The summed E-state index contributed by atoms with van der Waals surface area (Å²) >= 11 is 0. The van der Waals surface area contributed by atoms with E-state index < -0.39 is 5.97 Å². The molecule has 0 unspecified atom stereocenters. The minimum atomic E-state index is -0.966. The fraction of sp³-hybridized carbons (Fsp3) is 0.250. The first-order chi connectivity index (χ1) is 9.63. The third-order valence-corrected chi connectivity index (χ3v) is 3.22. The Bertz CT molecular complexity index is 668. The molecule has 20 heavy (non-hydrogen) atoms. The molecule has 0 saturated heterocycles. The lowest BCUT2D eigenvalue weighted by Crippen LogP contribution is -2.29. The number of carboxylic acids is 1. The van der Waals surface area contributed by atoms with Crippen LogP contribution in [0.25, 0.3) is 0 Å². The molecule has 1 aromatic carbocycles. The molecule has 102 valence electrons. The Morgan fingerprint density at radius 3 is 2.75 bits per heavy atom. The summed E-state index contributed by atoms with van der Waals surface area (Å²) < 4.78 is 1.36. The van der Waals surface area contributed by atoms with Crippen molar-refractivity contribution in [3.05, 3.63) is 41.2 Å². The molecule has 1 amide bonds. The number of benzene rings is 1. The average Bonchev–Trinajstić information content (AvgIpc) is 3.05. The van der Waals surface area contributed by atoms with E-state index in [1.54, 1.807) is 23.1 Å². The summed E-state index contributed by atoms with van der Waals surface area (Å²) in [6, 6.07) is 4.92. The van der Waals surface area contributed by atoms with Crippen LogP contribution in [0.3, 0.4) is 0 Å². The molecule has 0 fully saturated rings. The van der Waals surface area contributed by atoms with Crippen LogP contribution in [0.1, 0.15) is 21.5 Å². The third-order valence-electron chi connectivity index (χ3n) is 3.22. The zero-order chi connectivity index (χ0) is 14.1. The number of fused-ring (bicyclic) bond motifs is 1. The number of aromatic nitrogens is 4. The number of rotatable bonds is 3. The van der Waals surface area contributed by atoms with E-state index >= 15 is 0 Å². The first kappa shape index (κ1) is 12.3. The van der Waals surface area contributed by atoms with Gasteiger partial charge in [0.25, 0.3) is 0 Å². The molecule has 8 nitrogen and oxygen atoms in total. The highest BCUT2D eigenvalue weighted by Gasteiger charge is 2.24. The molecule has 1 N–H and O–H groups in total. The Morgan fingerprint density at radius 1 is 1.25 bits per heavy atom. The van der Waals surface area contributed by atoms with Crippen molar-refractivity contribution < 1.29 is 14.7 Å². The monoisotopic (exact) mass is 273 g/mol. The van der Waals surface area contributed by atoms with E-state index in [2.05, 4.69) is 15.5 Å². The van der Waals surface area contributed by atoms with Crippen LogP contribution in [0.2, 0.25) is 0 Å². The molecule has 8 heteroatoms. The smallest absolute Gasteiger partial charge is 0.335 e. The van der Waals surface area contributed by atoms with Crippen LogP contribution in [-0.2, 0) is 24.4 Å². The maximum atomic E-state index is 12.1. The van der Waals surface area contributed by atoms with Gasteiger partial charge in [0.15, 0.2) is 0 Å². The molecule has 0 aliphatic carbocycles. The standard InChI is InChI=1S/C12H11N5O3/c18-11(6-17-7-13-14-15-17)16-4-9-2-1-8(12(19)20)3-10(9)5-16/h1-3,7H,4-6H2,(H,19,20). The summed E-state index contributed by atoms with van der Waals surface area (Å²) in [4.78, 5) is 24.7. The minimum absolute atomic E-state index is 0.0762. The molecule has 0 saturated carbocycles. The SMILES string of the molecule is O=C(O)c1ccc2c(c1)CN(C(=O)Cn1cnnn1)C2. The largest absolute Gasteiger partial charge is 0.478 e. The predicted octanol–water partition coefficient (Wildman–Crippen LogP) is -0.0863. The van der Waals surface area contributed by atoms with Crippen LogP contribution in [0.15, 0.2) is 24.5 Å². The molecule has 0 radical (unpaired) electrons. The van der Waals surface area contributed by atoms with Crippen molar-refractivity contribution in [3.63, 3.8) is 0 Å². The van der Waals surface area contributed by atoms with Crippen molar-refractivity contribution >= 4 is 11.9 Å². The summed E-state index contributed by atoms with van der Waals surface area (Å²) in [5.41, 5.74) is 2.08. The number of aromatic carboxylic acids is 1. The van der Waals surface area contributed by atoms with Crippen LogP contribution in [0.4, 0.5) is 0 Å². The minimum Gasteiger partial charge on any atom is -0.478 e. The molecule has 1 aliphatic heterocycles. The molecule has 0 bridgehead atoms. The van der Waals surface area contributed by atoms with E-state index in [0.29, 0.717) is 13.1 Å². The van der Waals surface area contributed by atoms with Crippen molar-refractivity contribution in [1.82, 2.24) is 25.1 Å². The number of carbonyl (C=O) groups is 2. The Balaban J connectivity index is 1.73. The van der Waals surface area contributed by atoms with E-state index in [9.17, 15) is 9.59 Å². The fourth-order valence-corrected chi connectivity index (χ4v) is 2.20. The second kappa shape index (κ2) is 4.72. The molecule has 1 aromatic heterocycles. The van der Waals surface area contributed by atoms with Crippen LogP contribution >= 0.6 is 0 Å². The molecule has 2 heterocycles. The van der Waals surface area contributed by atoms with Crippen LogP contribution in [0.5, 0.6) is 0 Å². The highest BCUT2D eigenvalue weighted by atomic mass is 16.4. The van der Waals surface area contributed by atoms with E-state index in [4.69, 9.17) is 5.11 Å². The quantitative estimate of drug-likeness (QED) is 0.839. The van der Waals surface area contributed by atoms with Crippen molar-refractivity contribution in [1.29, 1.82) is 0 Å². The second-order valence-corrected chi connectivity index (χ2v) is 4.55. The maximum absolute atomic E-state index is 12.1. The van der Waals surface area contributed by atoms with Gasteiger partial charge in [-0.3, -0.25) is 4.79 Å². The average molecular weight is 273 g/mol. The fourth-order valence-electron chi connectivity index (χ4n) is 2.20. The van der Waals surface area contributed by atoms with Crippen molar-refractivity contribution in [2.75, 3.05) is 0 Å². The number of hydrogen-bond donors (Lipinski definition) is 1. The summed E-state index contributed by atoms with van der Waals surface area (Å²) in [7, 11) is 0. The van der Waals surface area contributed by atoms with Crippen LogP contribution in [-0.4, -0.2) is 42.1 Å². The zero-order valence-electron chi connectivity index (χ0n) is 10.4. The lowest BCUT2D eigenvalue weighted by molar-refractivity contribution is -0.132. The number of carbonyl (C=O) groups excluding carboxylic acids is 1. The van der Waals surface area contributed by atoms with E-state index in [0.717, 1.165) is 11.1 Å². The number of carboxylic acid groups (broad SMARTS) is 1. The van der Waals surface area contributed by atoms with E-state index in [1.807, 2.05) is 0 Å². The number of nitrogens with zero attached hydrogens (tertiary/aromatic N) is 5. The van der Waals surface area contributed by atoms with Gasteiger partial charge in [0.2, 0.25) is 5.91 Å². The van der Waals surface area contributed by atoms with Gasteiger partial charge in [-0.15, -0.1) is 5.10 Å². The van der Waals surface area contributed by atoms with Gasteiger partial charge in [0.05, 0.1) is 5.56 Å².